The van der Waals surface area contributed by atoms with Crippen molar-refractivity contribution in [2.45, 2.75) is 52.7 Å². The Kier molecular flexibility index (Phi) is 6.50. The fourth-order valence-electron chi connectivity index (χ4n) is 3.81. The minimum Gasteiger partial charge on any atom is -0.493 e. The van der Waals surface area contributed by atoms with Crippen LogP contribution in [0.15, 0.2) is 72.8 Å². The van der Waals surface area contributed by atoms with Gasteiger partial charge in [-0.15, -0.1) is 0 Å². The monoisotopic (exact) mass is 428 g/mol. The fraction of sp³-hybridized carbons (Fsp3) is 0.321. The maximum absolute atomic E-state index is 6.11. The standard InChI is InChI=1S/C28H32N2O2/c1-21-10-5-8-13-26(21)31-19-9-18-30-25-12-7-6-11-24(25)29-27(30)20-32-23-16-14-22(15-17-23)28(2,3)4/h5-8,10-17H,9,18-20H2,1-4H3. The highest BCUT2D eigenvalue weighted by Gasteiger charge is 2.14. The quantitative estimate of drug-likeness (QED) is 0.293. The summed E-state index contributed by atoms with van der Waals surface area (Å²) in [6.07, 6.45) is 0.891. The second-order valence-electron chi connectivity index (χ2n) is 9.20. The van der Waals surface area contributed by atoms with Crippen LogP contribution in [0.2, 0.25) is 0 Å². The van der Waals surface area contributed by atoms with Gasteiger partial charge in [0, 0.05) is 6.54 Å². The number of aryl methyl sites for hydroxylation is 2. The molecule has 0 spiro atoms. The van der Waals surface area contributed by atoms with E-state index in [2.05, 4.69) is 68.7 Å². The molecular formula is C28H32N2O2. The third-order valence-corrected chi connectivity index (χ3v) is 5.70. The molecule has 1 aromatic heterocycles. The van der Waals surface area contributed by atoms with Crippen molar-refractivity contribution in [1.82, 2.24) is 9.55 Å². The molecule has 1 heterocycles. The molecule has 0 fully saturated rings. The highest BCUT2D eigenvalue weighted by molar-refractivity contribution is 5.75. The predicted octanol–water partition coefficient (Wildman–Crippen LogP) is 6.69. The molecule has 0 saturated carbocycles. The molecule has 0 unspecified atom stereocenters. The van der Waals surface area contributed by atoms with Crippen LogP contribution in [0.25, 0.3) is 11.0 Å². The van der Waals surface area contributed by atoms with Gasteiger partial charge in [0.1, 0.15) is 23.9 Å². The maximum atomic E-state index is 6.11. The average Bonchev–Trinajstić information content (AvgIpc) is 3.13. The van der Waals surface area contributed by atoms with E-state index < -0.39 is 0 Å². The number of imidazole rings is 1. The molecule has 0 atom stereocenters. The normalized spacial score (nSPS) is 11.6. The van der Waals surface area contributed by atoms with E-state index in [9.17, 15) is 0 Å². The Hall–Kier alpha value is -3.27. The second kappa shape index (κ2) is 9.47. The largest absolute Gasteiger partial charge is 0.493 e. The van der Waals surface area contributed by atoms with E-state index in [1.54, 1.807) is 0 Å². The van der Waals surface area contributed by atoms with Gasteiger partial charge in [-0.25, -0.2) is 4.98 Å². The first kappa shape index (κ1) is 21.9. The predicted molar refractivity (Wildman–Crippen MR) is 130 cm³/mol. The zero-order valence-electron chi connectivity index (χ0n) is 19.5. The first-order chi connectivity index (χ1) is 15.4. The lowest BCUT2D eigenvalue weighted by Crippen LogP contribution is -2.11. The molecule has 0 saturated heterocycles. The van der Waals surface area contributed by atoms with Crippen LogP contribution in [-0.4, -0.2) is 16.2 Å². The van der Waals surface area contributed by atoms with Crippen molar-refractivity contribution in [1.29, 1.82) is 0 Å². The molecule has 0 radical (unpaired) electrons. The minimum atomic E-state index is 0.132. The summed E-state index contributed by atoms with van der Waals surface area (Å²) >= 11 is 0. The van der Waals surface area contributed by atoms with E-state index >= 15 is 0 Å². The molecule has 4 heteroatoms. The molecular weight excluding hydrogens is 396 g/mol. The Labute approximate surface area is 190 Å². The van der Waals surface area contributed by atoms with E-state index in [0.29, 0.717) is 13.2 Å². The van der Waals surface area contributed by atoms with E-state index in [0.717, 1.165) is 46.9 Å². The lowest BCUT2D eigenvalue weighted by atomic mass is 9.87. The molecule has 0 amide bonds. The number of hydrogen-bond donors (Lipinski definition) is 0. The third kappa shape index (κ3) is 5.13. The fourth-order valence-corrected chi connectivity index (χ4v) is 3.81. The summed E-state index contributed by atoms with van der Waals surface area (Å²) in [5.74, 6) is 2.74. The van der Waals surface area contributed by atoms with Crippen molar-refractivity contribution in [3.05, 3.63) is 89.7 Å². The minimum absolute atomic E-state index is 0.132. The van der Waals surface area contributed by atoms with Gasteiger partial charge in [0.15, 0.2) is 0 Å². The lowest BCUT2D eigenvalue weighted by molar-refractivity contribution is 0.279. The van der Waals surface area contributed by atoms with Crippen LogP contribution in [0.1, 0.15) is 44.1 Å². The molecule has 4 nitrogen and oxygen atoms in total. The smallest absolute Gasteiger partial charge is 0.147 e. The van der Waals surface area contributed by atoms with Crippen molar-refractivity contribution in [3.63, 3.8) is 0 Å². The number of para-hydroxylation sites is 3. The summed E-state index contributed by atoms with van der Waals surface area (Å²) in [6, 6.07) is 24.8. The number of nitrogens with zero attached hydrogens (tertiary/aromatic N) is 2. The molecule has 0 aliphatic rings. The zero-order chi connectivity index (χ0) is 22.6. The second-order valence-corrected chi connectivity index (χ2v) is 9.20. The third-order valence-electron chi connectivity index (χ3n) is 5.70. The number of rotatable bonds is 8. The van der Waals surface area contributed by atoms with Gasteiger partial charge >= 0.3 is 0 Å². The van der Waals surface area contributed by atoms with Crippen LogP contribution in [0.3, 0.4) is 0 Å². The number of benzene rings is 3. The van der Waals surface area contributed by atoms with Crippen molar-refractivity contribution in [2.75, 3.05) is 6.61 Å². The Morgan fingerprint density at radius 2 is 1.56 bits per heavy atom. The summed E-state index contributed by atoms with van der Waals surface area (Å²) in [6.45, 7) is 10.6. The SMILES string of the molecule is Cc1ccccc1OCCCn1c(COc2ccc(C(C)(C)C)cc2)nc2ccccc21. The van der Waals surface area contributed by atoms with Crippen LogP contribution < -0.4 is 9.47 Å². The Balaban J connectivity index is 1.43. The lowest BCUT2D eigenvalue weighted by Gasteiger charge is -2.19. The molecule has 0 N–H and O–H groups in total. The topological polar surface area (TPSA) is 36.3 Å². The van der Waals surface area contributed by atoms with E-state index in [-0.39, 0.29) is 5.41 Å². The number of aromatic nitrogens is 2. The number of fused-ring (bicyclic) bond motifs is 1. The molecule has 32 heavy (non-hydrogen) atoms. The van der Waals surface area contributed by atoms with Gasteiger partial charge in [0.2, 0.25) is 0 Å². The first-order valence-corrected chi connectivity index (χ1v) is 11.3. The van der Waals surface area contributed by atoms with Crippen molar-refractivity contribution < 1.29 is 9.47 Å². The number of ether oxygens (including phenoxy) is 2. The first-order valence-electron chi connectivity index (χ1n) is 11.3. The van der Waals surface area contributed by atoms with E-state index in [1.165, 1.54) is 5.56 Å². The van der Waals surface area contributed by atoms with Gasteiger partial charge in [-0.1, -0.05) is 63.2 Å². The summed E-state index contributed by atoms with van der Waals surface area (Å²) in [5, 5.41) is 0. The zero-order valence-corrected chi connectivity index (χ0v) is 19.5. The Bertz CT molecular complexity index is 1170. The Morgan fingerprint density at radius 3 is 2.31 bits per heavy atom. The Morgan fingerprint density at radius 1 is 0.844 bits per heavy atom. The number of hydrogen-bond acceptors (Lipinski definition) is 3. The van der Waals surface area contributed by atoms with Crippen LogP contribution >= 0.6 is 0 Å². The van der Waals surface area contributed by atoms with E-state index in [1.807, 2.05) is 36.4 Å². The molecule has 4 aromatic rings. The van der Waals surface area contributed by atoms with Crippen LogP contribution in [0.4, 0.5) is 0 Å². The van der Waals surface area contributed by atoms with Gasteiger partial charge in [0.05, 0.1) is 17.6 Å². The molecule has 3 aromatic carbocycles. The molecule has 166 valence electrons. The van der Waals surface area contributed by atoms with Gasteiger partial charge < -0.3 is 14.0 Å². The maximum Gasteiger partial charge on any atom is 0.147 e. The van der Waals surface area contributed by atoms with Crippen LogP contribution in [0.5, 0.6) is 11.5 Å². The summed E-state index contributed by atoms with van der Waals surface area (Å²) in [7, 11) is 0. The summed E-state index contributed by atoms with van der Waals surface area (Å²) in [4.78, 5) is 4.83. The van der Waals surface area contributed by atoms with Crippen molar-refractivity contribution in [2.24, 2.45) is 0 Å². The van der Waals surface area contributed by atoms with Gasteiger partial charge in [-0.3, -0.25) is 0 Å². The van der Waals surface area contributed by atoms with Crippen LogP contribution in [-0.2, 0) is 18.6 Å². The molecule has 0 aliphatic heterocycles. The molecule has 0 bridgehead atoms. The van der Waals surface area contributed by atoms with Crippen molar-refractivity contribution >= 4 is 11.0 Å². The van der Waals surface area contributed by atoms with Crippen LogP contribution in [0, 0.1) is 6.92 Å². The van der Waals surface area contributed by atoms with Gasteiger partial charge in [-0.2, -0.15) is 0 Å². The van der Waals surface area contributed by atoms with Gasteiger partial charge in [0.25, 0.3) is 0 Å². The van der Waals surface area contributed by atoms with Gasteiger partial charge in [-0.05, 0) is 60.2 Å². The highest BCUT2D eigenvalue weighted by Crippen LogP contribution is 2.25. The molecule has 0 aliphatic carbocycles. The summed E-state index contributed by atoms with van der Waals surface area (Å²) < 4.78 is 14.3. The van der Waals surface area contributed by atoms with E-state index in [4.69, 9.17) is 14.5 Å². The highest BCUT2D eigenvalue weighted by atomic mass is 16.5. The average molecular weight is 429 g/mol. The summed E-state index contributed by atoms with van der Waals surface area (Å²) in [5.41, 5.74) is 4.71. The van der Waals surface area contributed by atoms with Crippen molar-refractivity contribution in [3.8, 4) is 11.5 Å². The molecule has 4 rings (SSSR count).